The lowest BCUT2D eigenvalue weighted by Crippen LogP contribution is -2.24. The van der Waals surface area contributed by atoms with E-state index < -0.39 is 11.4 Å². The number of aromatic nitrogens is 2. The van der Waals surface area contributed by atoms with Gasteiger partial charge in [-0.15, -0.1) is 0 Å². The fourth-order valence-electron chi connectivity index (χ4n) is 1.70. The lowest BCUT2D eigenvalue weighted by molar-refractivity contribution is 0.0590. The van der Waals surface area contributed by atoms with Crippen molar-refractivity contribution in [3.05, 3.63) is 55.9 Å². The van der Waals surface area contributed by atoms with Crippen LogP contribution in [0.4, 0.5) is 0 Å². The van der Waals surface area contributed by atoms with Crippen LogP contribution in [0.3, 0.4) is 0 Å². The second-order valence-corrected chi connectivity index (χ2v) is 5.21. The molecule has 0 radical (unpaired) electrons. The molecule has 0 spiro atoms. The van der Waals surface area contributed by atoms with Crippen LogP contribution in [0.2, 0.25) is 0 Å². The van der Waals surface area contributed by atoms with Crippen molar-refractivity contribution in [2.75, 3.05) is 7.11 Å². The second kappa shape index (κ2) is 5.58. The maximum Gasteiger partial charge on any atom is 0.362 e. The van der Waals surface area contributed by atoms with Crippen molar-refractivity contribution in [3.63, 3.8) is 0 Å². The molecule has 0 aliphatic rings. The molecule has 104 valence electrons. The third-order valence-electron chi connectivity index (χ3n) is 2.90. The van der Waals surface area contributed by atoms with Crippen molar-refractivity contribution in [2.24, 2.45) is 0 Å². The summed E-state index contributed by atoms with van der Waals surface area (Å²) in [6, 6.07) is 5.65. The van der Waals surface area contributed by atoms with Gasteiger partial charge in [-0.3, -0.25) is 4.79 Å². The number of halogens is 1. The molecule has 0 aliphatic heterocycles. The number of carbonyl (C=O) groups excluding carboxylic acids is 1. The van der Waals surface area contributed by atoms with Gasteiger partial charge in [0.05, 0.1) is 12.8 Å². The van der Waals surface area contributed by atoms with Gasteiger partial charge in [-0.2, -0.15) is 5.10 Å². The Bertz CT molecular complexity index is 738. The highest BCUT2D eigenvalue weighted by Gasteiger charge is 2.16. The van der Waals surface area contributed by atoms with E-state index in [1.165, 1.54) is 11.8 Å². The van der Waals surface area contributed by atoms with E-state index in [1.54, 1.807) is 13.1 Å². The molecule has 2 aromatic rings. The Hall–Kier alpha value is -1.95. The molecule has 0 atom stereocenters. The number of hydrogen-bond donors (Lipinski definition) is 0. The third-order valence-corrected chi connectivity index (χ3v) is 3.75. The molecular formula is C14H13BrN2O3. The van der Waals surface area contributed by atoms with Crippen molar-refractivity contribution in [3.8, 4) is 5.69 Å². The van der Waals surface area contributed by atoms with Crippen molar-refractivity contribution in [2.45, 2.75) is 13.8 Å². The summed E-state index contributed by atoms with van der Waals surface area (Å²) in [5.41, 5.74) is 1.62. The molecular weight excluding hydrogens is 324 g/mol. The van der Waals surface area contributed by atoms with Crippen LogP contribution in [0.5, 0.6) is 0 Å². The van der Waals surface area contributed by atoms with Crippen LogP contribution in [0, 0.1) is 13.8 Å². The zero-order valence-corrected chi connectivity index (χ0v) is 12.9. The zero-order chi connectivity index (χ0) is 14.9. The molecule has 20 heavy (non-hydrogen) atoms. The molecule has 2 rings (SSSR count). The normalized spacial score (nSPS) is 10.4. The second-order valence-electron chi connectivity index (χ2n) is 4.36. The number of aryl methyl sites for hydroxylation is 2. The van der Waals surface area contributed by atoms with Gasteiger partial charge in [-0.1, -0.05) is 22.0 Å². The van der Waals surface area contributed by atoms with Gasteiger partial charge in [0.15, 0.2) is 0 Å². The van der Waals surface area contributed by atoms with Crippen LogP contribution in [0.15, 0.2) is 33.7 Å². The lowest BCUT2D eigenvalue weighted by atomic mass is 10.2. The van der Waals surface area contributed by atoms with Crippen molar-refractivity contribution in [1.82, 2.24) is 9.78 Å². The van der Waals surface area contributed by atoms with Gasteiger partial charge in [0, 0.05) is 16.2 Å². The number of rotatable bonds is 2. The van der Waals surface area contributed by atoms with Crippen LogP contribution in [-0.4, -0.2) is 22.9 Å². The van der Waals surface area contributed by atoms with E-state index in [0.29, 0.717) is 5.56 Å². The fourth-order valence-corrected chi connectivity index (χ4v) is 2.06. The molecule has 1 heterocycles. The van der Waals surface area contributed by atoms with E-state index >= 15 is 0 Å². The number of ether oxygens (including phenoxy) is 1. The summed E-state index contributed by atoms with van der Waals surface area (Å²) < 4.78 is 7.00. The first-order chi connectivity index (χ1) is 9.43. The van der Waals surface area contributed by atoms with Gasteiger partial charge < -0.3 is 4.74 Å². The minimum absolute atomic E-state index is 0.218. The highest BCUT2D eigenvalue weighted by molar-refractivity contribution is 9.10. The minimum Gasteiger partial charge on any atom is -0.464 e. The van der Waals surface area contributed by atoms with Crippen LogP contribution in [0.1, 0.15) is 21.6 Å². The molecule has 1 aromatic carbocycles. The number of hydrogen-bond acceptors (Lipinski definition) is 4. The molecule has 0 saturated heterocycles. The molecule has 0 fully saturated rings. The Morgan fingerprint density at radius 2 is 2.00 bits per heavy atom. The van der Waals surface area contributed by atoms with E-state index in [9.17, 15) is 9.59 Å². The molecule has 0 saturated carbocycles. The summed E-state index contributed by atoms with van der Waals surface area (Å²) in [4.78, 5) is 23.5. The predicted octanol–water partition coefficient (Wildman–Crippen LogP) is 2.40. The van der Waals surface area contributed by atoms with Gasteiger partial charge in [0.1, 0.15) is 0 Å². The van der Waals surface area contributed by atoms with Crippen LogP contribution < -0.4 is 5.43 Å². The Morgan fingerprint density at radius 3 is 2.60 bits per heavy atom. The topological polar surface area (TPSA) is 61.2 Å². The zero-order valence-electron chi connectivity index (χ0n) is 11.3. The molecule has 0 unspecified atom stereocenters. The molecule has 0 amide bonds. The van der Waals surface area contributed by atoms with Crippen LogP contribution in [-0.2, 0) is 4.74 Å². The predicted molar refractivity (Wildman–Crippen MR) is 78.3 cm³/mol. The minimum atomic E-state index is -0.737. The number of carbonyl (C=O) groups is 1. The first-order valence-electron chi connectivity index (χ1n) is 5.89. The SMILES string of the molecule is COC(=O)c1nn(-c2ccc(C)c(Br)c2)cc(C)c1=O. The Labute approximate surface area is 124 Å². The molecule has 1 aromatic heterocycles. The summed E-state index contributed by atoms with van der Waals surface area (Å²) in [7, 11) is 1.22. The highest BCUT2D eigenvalue weighted by Crippen LogP contribution is 2.19. The van der Waals surface area contributed by atoms with E-state index in [0.717, 1.165) is 15.7 Å². The first kappa shape index (κ1) is 14.5. The van der Waals surface area contributed by atoms with Gasteiger partial charge in [-0.25, -0.2) is 9.48 Å². The van der Waals surface area contributed by atoms with Crippen molar-refractivity contribution < 1.29 is 9.53 Å². The number of esters is 1. The van der Waals surface area contributed by atoms with Crippen LogP contribution >= 0.6 is 15.9 Å². The van der Waals surface area contributed by atoms with E-state index in [4.69, 9.17) is 0 Å². The largest absolute Gasteiger partial charge is 0.464 e. The Kier molecular flexibility index (Phi) is 4.04. The number of benzene rings is 1. The van der Waals surface area contributed by atoms with Gasteiger partial charge in [0.2, 0.25) is 11.1 Å². The summed E-state index contributed by atoms with van der Waals surface area (Å²) in [6.07, 6.45) is 1.59. The molecule has 5 nitrogen and oxygen atoms in total. The molecule has 6 heteroatoms. The summed E-state index contributed by atoms with van der Waals surface area (Å²) in [5.74, 6) is -0.737. The fraction of sp³-hybridized carbons (Fsp3) is 0.214. The van der Waals surface area contributed by atoms with Gasteiger partial charge in [-0.05, 0) is 31.5 Å². The number of nitrogens with zero attached hydrogens (tertiary/aromatic N) is 2. The lowest BCUT2D eigenvalue weighted by Gasteiger charge is -2.09. The average Bonchev–Trinajstić information content (AvgIpc) is 2.44. The standard InChI is InChI=1S/C14H13BrN2O3/c1-8-4-5-10(6-11(8)15)17-7-9(2)13(18)12(16-17)14(19)20-3/h4-7H,1-3H3. The Balaban J connectivity index is 2.63. The quantitative estimate of drug-likeness (QED) is 0.790. The van der Waals surface area contributed by atoms with Gasteiger partial charge in [0.25, 0.3) is 0 Å². The van der Waals surface area contributed by atoms with E-state index in [1.807, 2.05) is 25.1 Å². The summed E-state index contributed by atoms with van der Waals surface area (Å²) in [6.45, 7) is 3.61. The smallest absolute Gasteiger partial charge is 0.362 e. The molecule has 0 N–H and O–H groups in total. The first-order valence-corrected chi connectivity index (χ1v) is 6.68. The highest BCUT2D eigenvalue weighted by atomic mass is 79.9. The molecule has 0 aliphatic carbocycles. The summed E-state index contributed by atoms with van der Waals surface area (Å²) in [5, 5.41) is 4.05. The average molecular weight is 337 g/mol. The monoisotopic (exact) mass is 336 g/mol. The van der Waals surface area contributed by atoms with Crippen molar-refractivity contribution >= 4 is 21.9 Å². The third kappa shape index (κ3) is 2.65. The maximum atomic E-state index is 11.9. The number of methoxy groups -OCH3 is 1. The Morgan fingerprint density at radius 1 is 1.30 bits per heavy atom. The van der Waals surface area contributed by atoms with Crippen LogP contribution in [0.25, 0.3) is 5.69 Å². The summed E-state index contributed by atoms with van der Waals surface area (Å²) >= 11 is 3.44. The van der Waals surface area contributed by atoms with E-state index in [2.05, 4.69) is 25.8 Å². The van der Waals surface area contributed by atoms with Crippen molar-refractivity contribution in [1.29, 1.82) is 0 Å². The van der Waals surface area contributed by atoms with Gasteiger partial charge >= 0.3 is 5.97 Å². The maximum absolute atomic E-state index is 11.9. The molecule has 0 bridgehead atoms. The van der Waals surface area contributed by atoms with E-state index in [-0.39, 0.29) is 5.69 Å².